The molecule has 0 radical (unpaired) electrons. The molecular weight excluding hydrogens is 206 g/mol. The molecule has 0 unspecified atom stereocenters. The number of hydrogen-bond donors (Lipinski definition) is 2. The molecule has 1 rings (SSSR count). The van der Waals surface area contributed by atoms with Crippen molar-refractivity contribution in [1.29, 1.82) is 0 Å². The maximum atomic E-state index is 10.4. The van der Waals surface area contributed by atoms with Crippen LogP contribution in [0.2, 0.25) is 0 Å². The number of nitrogens with zero attached hydrogens (tertiary/aromatic N) is 1. The van der Waals surface area contributed by atoms with E-state index in [1.165, 1.54) is 17.5 Å². The second-order valence-electron chi connectivity index (χ2n) is 2.38. The van der Waals surface area contributed by atoms with Crippen LogP contribution < -0.4 is 0 Å². The van der Waals surface area contributed by atoms with Crippen molar-refractivity contribution in [2.24, 2.45) is 0 Å². The third kappa shape index (κ3) is 2.98. The van der Waals surface area contributed by atoms with Crippen molar-refractivity contribution in [1.82, 2.24) is 4.98 Å². The van der Waals surface area contributed by atoms with Crippen LogP contribution in [0.25, 0.3) is 6.08 Å². The summed E-state index contributed by atoms with van der Waals surface area (Å²) in [6, 6.07) is 0. The number of aliphatic carboxylic acids is 1. The van der Waals surface area contributed by atoms with E-state index in [1.807, 2.05) is 0 Å². The van der Waals surface area contributed by atoms with Crippen LogP contribution in [0.15, 0.2) is 11.5 Å². The minimum atomic E-state index is -1.08. The number of aromatic carboxylic acids is 1. The lowest BCUT2D eigenvalue weighted by molar-refractivity contribution is -0.135. The van der Waals surface area contributed by atoms with E-state index in [2.05, 4.69) is 4.98 Å². The fourth-order valence-corrected chi connectivity index (χ4v) is 1.43. The number of hydrogen-bond acceptors (Lipinski definition) is 4. The Morgan fingerprint density at radius 2 is 2.21 bits per heavy atom. The first-order valence-corrected chi connectivity index (χ1v) is 4.54. The highest BCUT2D eigenvalue weighted by Gasteiger charge is 2.06. The zero-order chi connectivity index (χ0) is 10.6. The lowest BCUT2D eigenvalue weighted by Gasteiger charge is -1.83. The van der Waals surface area contributed by atoms with Crippen molar-refractivity contribution in [3.63, 3.8) is 0 Å². The van der Waals surface area contributed by atoms with Gasteiger partial charge in [0.05, 0.1) is 6.42 Å². The SMILES string of the molecule is O=C(O)CC=Cc1nc(C(=O)O)cs1. The van der Waals surface area contributed by atoms with Gasteiger partial charge in [0.1, 0.15) is 5.01 Å². The van der Waals surface area contributed by atoms with E-state index in [0.29, 0.717) is 5.01 Å². The topological polar surface area (TPSA) is 87.5 Å². The van der Waals surface area contributed by atoms with Gasteiger partial charge in [0, 0.05) is 5.38 Å². The highest BCUT2D eigenvalue weighted by molar-refractivity contribution is 7.10. The Labute approximate surface area is 83.3 Å². The molecule has 6 heteroatoms. The maximum Gasteiger partial charge on any atom is 0.355 e. The van der Waals surface area contributed by atoms with Crippen molar-refractivity contribution >= 4 is 29.4 Å². The molecule has 1 aromatic rings. The highest BCUT2D eigenvalue weighted by Crippen LogP contribution is 2.11. The molecule has 14 heavy (non-hydrogen) atoms. The highest BCUT2D eigenvalue weighted by atomic mass is 32.1. The summed E-state index contributed by atoms with van der Waals surface area (Å²) in [6.07, 6.45) is 2.82. The monoisotopic (exact) mass is 213 g/mol. The van der Waals surface area contributed by atoms with Crippen molar-refractivity contribution in [3.05, 3.63) is 22.2 Å². The van der Waals surface area contributed by atoms with E-state index in [-0.39, 0.29) is 12.1 Å². The summed E-state index contributed by atoms with van der Waals surface area (Å²) in [6.45, 7) is 0. The molecule has 0 spiro atoms. The standard InChI is InChI=1S/C8H7NO4S/c10-7(11)3-1-2-6-9-5(4-14-6)8(12)13/h1-2,4H,3H2,(H,10,11)(H,12,13). The van der Waals surface area contributed by atoms with Gasteiger partial charge in [-0.3, -0.25) is 4.79 Å². The van der Waals surface area contributed by atoms with Gasteiger partial charge in [0.15, 0.2) is 5.69 Å². The molecule has 0 bridgehead atoms. The molecule has 1 heterocycles. The minimum absolute atomic E-state index is 0.0232. The smallest absolute Gasteiger partial charge is 0.355 e. The Morgan fingerprint density at radius 1 is 1.50 bits per heavy atom. The maximum absolute atomic E-state index is 10.4. The zero-order valence-electron chi connectivity index (χ0n) is 7.01. The second-order valence-corrected chi connectivity index (χ2v) is 3.27. The first kappa shape index (κ1) is 10.4. The van der Waals surface area contributed by atoms with Gasteiger partial charge in [0.25, 0.3) is 0 Å². The molecule has 74 valence electrons. The van der Waals surface area contributed by atoms with E-state index in [4.69, 9.17) is 10.2 Å². The number of carboxylic acids is 2. The predicted octanol–water partition coefficient (Wildman–Crippen LogP) is 1.33. The quantitative estimate of drug-likeness (QED) is 0.787. The van der Waals surface area contributed by atoms with Gasteiger partial charge in [-0.05, 0) is 6.08 Å². The molecule has 0 aliphatic carbocycles. The van der Waals surface area contributed by atoms with Crippen LogP contribution in [0.3, 0.4) is 0 Å². The van der Waals surface area contributed by atoms with Gasteiger partial charge in [0.2, 0.25) is 0 Å². The number of carbonyl (C=O) groups is 2. The molecular formula is C8H7NO4S. The van der Waals surface area contributed by atoms with E-state index >= 15 is 0 Å². The number of aromatic nitrogens is 1. The first-order valence-electron chi connectivity index (χ1n) is 3.66. The number of carboxylic acid groups (broad SMARTS) is 2. The Kier molecular flexibility index (Phi) is 3.35. The Hall–Kier alpha value is -1.69. The van der Waals surface area contributed by atoms with Crippen LogP contribution in [0.1, 0.15) is 21.9 Å². The number of rotatable bonds is 4. The lowest BCUT2D eigenvalue weighted by Crippen LogP contribution is -1.95. The van der Waals surface area contributed by atoms with Gasteiger partial charge in [-0.2, -0.15) is 0 Å². The third-order valence-electron chi connectivity index (χ3n) is 1.29. The third-order valence-corrected chi connectivity index (χ3v) is 2.10. The molecule has 2 N–H and O–H groups in total. The molecule has 5 nitrogen and oxygen atoms in total. The van der Waals surface area contributed by atoms with Gasteiger partial charge in [-0.15, -0.1) is 11.3 Å². The Bertz CT molecular complexity index is 382. The molecule has 0 amide bonds. The van der Waals surface area contributed by atoms with Gasteiger partial charge < -0.3 is 10.2 Å². The summed E-state index contributed by atoms with van der Waals surface area (Å²) in [5.74, 6) is -2.02. The fraction of sp³-hybridized carbons (Fsp3) is 0.125. The second kappa shape index (κ2) is 4.52. The Balaban J connectivity index is 2.64. The average molecular weight is 213 g/mol. The van der Waals surface area contributed by atoms with Crippen molar-refractivity contribution < 1.29 is 19.8 Å². The minimum Gasteiger partial charge on any atom is -0.481 e. The van der Waals surface area contributed by atoms with E-state index in [9.17, 15) is 9.59 Å². The molecule has 0 aromatic carbocycles. The van der Waals surface area contributed by atoms with Crippen molar-refractivity contribution in [2.75, 3.05) is 0 Å². The summed E-state index contributed by atoms with van der Waals surface area (Å²) < 4.78 is 0. The van der Waals surface area contributed by atoms with Crippen LogP contribution in [0.5, 0.6) is 0 Å². The summed E-state index contributed by atoms with van der Waals surface area (Å²) in [5.41, 5.74) is -0.0232. The average Bonchev–Trinajstić information content (AvgIpc) is 2.52. The van der Waals surface area contributed by atoms with Gasteiger partial charge in [-0.25, -0.2) is 9.78 Å². The van der Waals surface area contributed by atoms with Crippen molar-refractivity contribution in [3.8, 4) is 0 Å². The summed E-state index contributed by atoms with van der Waals surface area (Å²) in [7, 11) is 0. The van der Waals surface area contributed by atoms with Crippen LogP contribution >= 0.6 is 11.3 Å². The van der Waals surface area contributed by atoms with E-state index in [0.717, 1.165) is 11.3 Å². The van der Waals surface area contributed by atoms with Crippen LogP contribution in [-0.2, 0) is 4.79 Å². The molecule has 0 saturated heterocycles. The molecule has 1 aromatic heterocycles. The van der Waals surface area contributed by atoms with Gasteiger partial charge in [-0.1, -0.05) is 6.08 Å². The molecule has 0 saturated carbocycles. The number of thiazole rings is 1. The van der Waals surface area contributed by atoms with E-state index in [1.54, 1.807) is 0 Å². The lowest BCUT2D eigenvalue weighted by atomic mass is 10.4. The van der Waals surface area contributed by atoms with Crippen LogP contribution in [0, 0.1) is 0 Å². The molecule has 0 aliphatic heterocycles. The predicted molar refractivity (Wildman–Crippen MR) is 50.4 cm³/mol. The van der Waals surface area contributed by atoms with E-state index < -0.39 is 11.9 Å². The zero-order valence-corrected chi connectivity index (χ0v) is 7.82. The van der Waals surface area contributed by atoms with Crippen molar-refractivity contribution in [2.45, 2.75) is 6.42 Å². The Morgan fingerprint density at radius 3 is 2.71 bits per heavy atom. The molecule has 0 fully saturated rings. The fourth-order valence-electron chi connectivity index (χ4n) is 0.723. The largest absolute Gasteiger partial charge is 0.481 e. The molecule has 0 atom stereocenters. The normalized spacial score (nSPS) is 10.6. The van der Waals surface area contributed by atoms with Crippen LogP contribution in [0.4, 0.5) is 0 Å². The first-order chi connectivity index (χ1) is 6.59. The summed E-state index contributed by atoms with van der Waals surface area (Å²) in [5, 5.41) is 18.8. The van der Waals surface area contributed by atoms with Gasteiger partial charge >= 0.3 is 11.9 Å². The van der Waals surface area contributed by atoms with Crippen LogP contribution in [-0.4, -0.2) is 27.1 Å². The summed E-state index contributed by atoms with van der Waals surface area (Å²) >= 11 is 1.16. The molecule has 0 aliphatic rings. The summed E-state index contributed by atoms with van der Waals surface area (Å²) in [4.78, 5) is 24.3.